The Balaban J connectivity index is 3.76. The van der Waals surface area contributed by atoms with E-state index in [1.807, 2.05) is 13.8 Å². The average Bonchev–Trinajstić information content (AvgIpc) is 2.16. The molecule has 0 aliphatic rings. The van der Waals surface area contributed by atoms with Crippen LogP contribution in [0.4, 0.5) is 0 Å². The molecule has 0 bridgehead atoms. The topological polar surface area (TPSA) is 45.7 Å². The summed E-state index contributed by atoms with van der Waals surface area (Å²) in [7, 11) is 0. The zero-order chi connectivity index (χ0) is 12.4. The monoisotopic (exact) mass is 229 g/mol. The first-order valence-corrected chi connectivity index (χ1v) is 6.22. The summed E-state index contributed by atoms with van der Waals surface area (Å²) < 4.78 is 5.45. The van der Waals surface area contributed by atoms with Gasteiger partial charge in [0.2, 0.25) is 0 Å². The Morgan fingerprint density at radius 3 is 2.44 bits per heavy atom. The molecule has 4 nitrogen and oxygen atoms in total. The Bertz CT molecular complexity index is 191. The molecule has 0 saturated heterocycles. The SMILES string of the molecule is CCNC(=NCCCOC(C)C)NC(C)C. The minimum Gasteiger partial charge on any atom is -0.379 e. The molecule has 2 N–H and O–H groups in total. The first-order valence-electron chi connectivity index (χ1n) is 6.22. The molecule has 0 saturated carbocycles. The maximum atomic E-state index is 5.45. The van der Waals surface area contributed by atoms with Crippen molar-refractivity contribution < 1.29 is 4.74 Å². The van der Waals surface area contributed by atoms with Crippen LogP contribution in [0, 0.1) is 0 Å². The molecule has 0 heterocycles. The highest BCUT2D eigenvalue weighted by atomic mass is 16.5. The molecule has 16 heavy (non-hydrogen) atoms. The number of ether oxygens (including phenoxy) is 1. The number of hydrogen-bond acceptors (Lipinski definition) is 2. The van der Waals surface area contributed by atoms with E-state index < -0.39 is 0 Å². The Morgan fingerprint density at radius 1 is 1.25 bits per heavy atom. The van der Waals surface area contributed by atoms with Crippen molar-refractivity contribution in [2.75, 3.05) is 19.7 Å². The standard InChI is InChI=1S/C12H27N3O/c1-6-13-12(15-10(2)3)14-8-7-9-16-11(4)5/h10-11H,6-9H2,1-5H3,(H2,13,14,15). The third-order valence-electron chi connectivity index (χ3n) is 1.79. The second-order valence-electron chi connectivity index (χ2n) is 4.33. The molecule has 0 spiro atoms. The summed E-state index contributed by atoms with van der Waals surface area (Å²) in [5, 5.41) is 6.49. The lowest BCUT2D eigenvalue weighted by molar-refractivity contribution is 0.0782. The largest absolute Gasteiger partial charge is 0.379 e. The molecule has 96 valence electrons. The van der Waals surface area contributed by atoms with Crippen LogP contribution in [0.3, 0.4) is 0 Å². The highest BCUT2D eigenvalue weighted by molar-refractivity contribution is 5.79. The van der Waals surface area contributed by atoms with Crippen LogP contribution in [-0.2, 0) is 4.74 Å². The van der Waals surface area contributed by atoms with Crippen LogP contribution >= 0.6 is 0 Å². The fraction of sp³-hybridized carbons (Fsp3) is 0.917. The van der Waals surface area contributed by atoms with Gasteiger partial charge in [-0.2, -0.15) is 0 Å². The Morgan fingerprint density at radius 2 is 1.94 bits per heavy atom. The van der Waals surface area contributed by atoms with Crippen molar-refractivity contribution in [3.8, 4) is 0 Å². The van der Waals surface area contributed by atoms with Crippen molar-refractivity contribution >= 4 is 5.96 Å². The summed E-state index contributed by atoms with van der Waals surface area (Å²) >= 11 is 0. The zero-order valence-electron chi connectivity index (χ0n) is 11.3. The van der Waals surface area contributed by atoms with E-state index in [0.29, 0.717) is 12.1 Å². The molecule has 0 fully saturated rings. The van der Waals surface area contributed by atoms with Crippen LogP contribution in [0.2, 0.25) is 0 Å². The first kappa shape index (κ1) is 15.2. The van der Waals surface area contributed by atoms with E-state index in [0.717, 1.165) is 32.1 Å². The van der Waals surface area contributed by atoms with Crippen molar-refractivity contribution in [2.45, 2.75) is 53.2 Å². The second kappa shape index (κ2) is 9.46. The minimum absolute atomic E-state index is 0.311. The van der Waals surface area contributed by atoms with Crippen LogP contribution in [0.5, 0.6) is 0 Å². The molecule has 0 aromatic rings. The van der Waals surface area contributed by atoms with Gasteiger partial charge in [-0.1, -0.05) is 0 Å². The van der Waals surface area contributed by atoms with Crippen molar-refractivity contribution in [3.63, 3.8) is 0 Å². The van der Waals surface area contributed by atoms with Gasteiger partial charge in [-0.05, 0) is 41.0 Å². The van der Waals surface area contributed by atoms with Crippen molar-refractivity contribution in [2.24, 2.45) is 4.99 Å². The molecule has 4 heteroatoms. The quantitative estimate of drug-likeness (QED) is 0.397. The predicted molar refractivity (Wildman–Crippen MR) is 70.0 cm³/mol. The van der Waals surface area contributed by atoms with Gasteiger partial charge in [0.25, 0.3) is 0 Å². The molecule has 0 unspecified atom stereocenters. The van der Waals surface area contributed by atoms with Gasteiger partial charge in [-0.3, -0.25) is 4.99 Å². The van der Waals surface area contributed by atoms with Crippen molar-refractivity contribution in [1.29, 1.82) is 0 Å². The summed E-state index contributed by atoms with van der Waals surface area (Å²) in [5.74, 6) is 0.891. The third kappa shape index (κ3) is 9.77. The first-order chi connectivity index (χ1) is 7.56. The highest BCUT2D eigenvalue weighted by Gasteiger charge is 1.98. The van der Waals surface area contributed by atoms with Crippen LogP contribution in [0.1, 0.15) is 41.0 Å². The molecular weight excluding hydrogens is 202 g/mol. The summed E-state index contributed by atoms with van der Waals surface area (Å²) in [4.78, 5) is 4.46. The van der Waals surface area contributed by atoms with Crippen LogP contribution < -0.4 is 10.6 Å². The Labute approximate surface area is 99.9 Å². The summed E-state index contributed by atoms with van der Waals surface area (Å²) in [6.45, 7) is 12.8. The molecule has 0 rings (SSSR count). The second-order valence-corrected chi connectivity index (χ2v) is 4.33. The molecule has 0 aliphatic carbocycles. The molecule has 0 radical (unpaired) electrons. The van der Waals surface area contributed by atoms with E-state index in [9.17, 15) is 0 Å². The van der Waals surface area contributed by atoms with Gasteiger partial charge in [-0.15, -0.1) is 0 Å². The molecule has 0 aromatic heterocycles. The highest BCUT2D eigenvalue weighted by Crippen LogP contribution is 1.91. The zero-order valence-corrected chi connectivity index (χ0v) is 11.3. The van der Waals surface area contributed by atoms with E-state index in [1.54, 1.807) is 0 Å². The molecular formula is C12H27N3O. The van der Waals surface area contributed by atoms with Crippen LogP contribution in [0.15, 0.2) is 4.99 Å². The number of hydrogen-bond donors (Lipinski definition) is 2. The third-order valence-corrected chi connectivity index (χ3v) is 1.79. The van der Waals surface area contributed by atoms with Crippen LogP contribution in [0.25, 0.3) is 0 Å². The fourth-order valence-corrected chi connectivity index (χ4v) is 1.17. The number of guanidine groups is 1. The molecule has 0 atom stereocenters. The van der Waals surface area contributed by atoms with E-state index in [1.165, 1.54) is 0 Å². The normalized spacial score (nSPS) is 12.3. The van der Waals surface area contributed by atoms with Gasteiger partial charge in [0.15, 0.2) is 5.96 Å². The maximum Gasteiger partial charge on any atom is 0.191 e. The van der Waals surface area contributed by atoms with Gasteiger partial charge >= 0.3 is 0 Å². The van der Waals surface area contributed by atoms with Gasteiger partial charge in [0.05, 0.1) is 6.10 Å². The number of nitrogens with one attached hydrogen (secondary N) is 2. The summed E-state index contributed by atoms with van der Waals surface area (Å²) in [5.41, 5.74) is 0. The maximum absolute atomic E-state index is 5.45. The van der Waals surface area contributed by atoms with Gasteiger partial charge in [-0.25, -0.2) is 0 Å². The molecule has 0 amide bonds. The smallest absolute Gasteiger partial charge is 0.191 e. The summed E-state index contributed by atoms with van der Waals surface area (Å²) in [6, 6.07) is 0.407. The lowest BCUT2D eigenvalue weighted by atomic mass is 10.4. The Kier molecular flexibility index (Phi) is 9.00. The van der Waals surface area contributed by atoms with E-state index in [4.69, 9.17) is 4.74 Å². The van der Waals surface area contributed by atoms with Crippen LogP contribution in [-0.4, -0.2) is 37.8 Å². The fourth-order valence-electron chi connectivity index (χ4n) is 1.17. The Hall–Kier alpha value is -0.770. The van der Waals surface area contributed by atoms with Gasteiger partial charge < -0.3 is 15.4 Å². The van der Waals surface area contributed by atoms with Gasteiger partial charge in [0, 0.05) is 25.7 Å². The lowest BCUT2D eigenvalue weighted by Gasteiger charge is -2.14. The van der Waals surface area contributed by atoms with Crippen molar-refractivity contribution in [3.05, 3.63) is 0 Å². The van der Waals surface area contributed by atoms with E-state index in [-0.39, 0.29) is 0 Å². The summed E-state index contributed by atoms with van der Waals surface area (Å²) in [6.07, 6.45) is 1.28. The van der Waals surface area contributed by atoms with Gasteiger partial charge in [0.1, 0.15) is 0 Å². The number of rotatable bonds is 7. The average molecular weight is 229 g/mol. The van der Waals surface area contributed by atoms with Crippen molar-refractivity contribution in [1.82, 2.24) is 10.6 Å². The number of nitrogens with zero attached hydrogens (tertiary/aromatic N) is 1. The van der Waals surface area contributed by atoms with E-state index in [2.05, 4.69) is 36.4 Å². The number of aliphatic imine (C=N–C) groups is 1. The molecule has 0 aromatic carbocycles. The predicted octanol–water partition coefficient (Wildman–Crippen LogP) is 1.76. The minimum atomic E-state index is 0.311. The van der Waals surface area contributed by atoms with E-state index >= 15 is 0 Å². The lowest BCUT2D eigenvalue weighted by Crippen LogP contribution is -2.41. The molecule has 0 aliphatic heterocycles.